The lowest BCUT2D eigenvalue weighted by Crippen LogP contribution is -2.54. The molecule has 1 fully saturated rings. The van der Waals surface area contributed by atoms with Gasteiger partial charge in [0.05, 0.1) is 0 Å². The van der Waals surface area contributed by atoms with Crippen molar-refractivity contribution >= 4 is 17.7 Å². The fourth-order valence-electron chi connectivity index (χ4n) is 3.21. The second kappa shape index (κ2) is 9.22. The Morgan fingerprint density at radius 1 is 0.964 bits per heavy atom. The first kappa shape index (κ1) is 21.9. The third-order valence-corrected chi connectivity index (χ3v) is 4.98. The SMILES string of the molecule is CC(C)NC(=O)C(=O)N1CCN(C(=O)CCc2ccc(C(C)(C)C)cc2)CC1. The monoisotopic (exact) mass is 387 g/mol. The number of hydrogen-bond donors (Lipinski definition) is 1. The molecule has 2 rings (SSSR count). The van der Waals surface area contributed by atoms with Gasteiger partial charge in [-0.05, 0) is 36.8 Å². The summed E-state index contributed by atoms with van der Waals surface area (Å²) in [6.07, 6.45) is 1.16. The second-order valence-corrected chi connectivity index (χ2v) is 8.75. The molecular formula is C22H33N3O3. The molecule has 1 aromatic rings. The van der Waals surface area contributed by atoms with Gasteiger partial charge in [-0.25, -0.2) is 0 Å². The van der Waals surface area contributed by atoms with Gasteiger partial charge in [0.25, 0.3) is 0 Å². The molecule has 0 bridgehead atoms. The average molecular weight is 388 g/mol. The summed E-state index contributed by atoms with van der Waals surface area (Å²) in [6, 6.07) is 8.38. The summed E-state index contributed by atoms with van der Waals surface area (Å²) in [6.45, 7) is 11.9. The lowest BCUT2D eigenvalue weighted by molar-refractivity contribution is -0.148. The van der Waals surface area contributed by atoms with Crippen LogP contribution in [0, 0.1) is 0 Å². The number of hydrogen-bond acceptors (Lipinski definition) is 3. The van der Waals surface area contributed by atoms with Crippen molar-refractivity contribution in [1.82, 2.24) is 15.1 Å². The van der Waals surface area contributed by atoms with Crippen LogP contribution in [0.3, 0.4) is 0 Å². The fraction of sp³-hybridized carbons (Fsp3) is 0.591. The topological polar surface area (TPSA) is 69.7 Å². The van der Waals surface area contributed by atoms with E-state index < -0.39 is 11.8 Å². The second-order valence-electron chi connectivity index (χ2n) is 8.75. The van der Waals surface area contributed by atoms with Crippen molar-refractivity contribution in [2.75, 3.05) is 26.2 Å². The van der Waals surface area contributed by atoms with Crippen molar-refractivity contribution in [1.29, 1.82) is 0 Å². The summed E-state index contributed by atoms with van der Waals surface area (Å²) in [5, 5.41) is 2.61. The van der Waals surface area contributed by atoms with Gasteiger partial charge in [-0.2, -0.15) is 0 Å². The highest BCUT2D eigenvalue weighted by Gasteiger charge is 2.27. The van der Waals surface area contributed by atoms with Gasteiger partial charge >= 0.3 is 11.8 Å². The Balaban J connectivity index is 1.79. The van der Waals surface area contributed by atoms with Gasteiger partial charge in [0.15, 0.2) is 0 Å². The van der Waals surface area contributed by atoms with Crippen LogP contribution in [-0.2, 0) is 26.2 Å². The number of amides is 3. The van der Waals surface area contributed by atoms with E-state index in [1.165, 1.54) is 10.5 Å². The molecule has 154 valence electrons. The number of benzene rings is 1. The fourth-order valence-corrected chi connectivity index (χ4v) is 3.21. The van der Waals surface area contributed by atoms with Crippen molar-refractivity contribution in [3.05, 3.63) is 35.4 Å². The van der Waals surface area contributed by atoms with Crippen molar-refractivity contribution in [2.24, 2.45) is 0 Å². The third kappa shape index (κ3) is 6.08. The van der Waals surface area contributed by atoms with E-state index in [1.54, 1.807) is 4.90 Å². The Kier molecular flexibility index (Phi) is 7.22. The molecule has 0 atom stereocenters. The normalized spacial score (nSPS) is 14.9. The molecule has 0 unspecified atom stereocenters. The van der Waals surface area contributed by atoms with Crippen LogP contribution < -0.4 is 5.32 Å². The lowest BCUT2D eigenvalue weighted by Gasteiger charge is -2.34. The van der Waals surface area contributed by atoms with Crippen LogP contribution in [0.1, 0.15) is 52.2 Å². The molecule has 1 N–H and O–H groups in total. The van der Waals surface area contributed by atoms with Crippen LogP contribution in [0.15, 0.2) is 24.3 Å². The van der Waals surface area contributed by atoms with Crippen LogP contribution >= 0.6 is 0 Å². The number of aryl methyl sites for hydroxylation is 1. The minimum absolute atomic E-state index is 0.0724. The van der Waals surface area contributed by atoms with Crippen molar-refractivity contribution in [2.45, 2.75) is 58.9 Å². The molecule has 28 heavy (non-hydrogen) atoms. The molecule has 0 aromatic heterocycles. The van der Waals surface area contributed by atoms with Crippen LogP contribution in [0.5, 0.6) is 0 Å². The molecule has 0 radical (unpaired) electrons. The largest absolute Gasteiger partial charge is 0.346 e. The Hall–Kier alpha value is -2.37. The Bertz CT molecular complexity index is 697. The molecule has 0 aliphatic carbocycles. The highest BCUT2D eigenvalue weighted by molar-refractivity contribution is 6.35. The van der Waals surface area contributed by atoms with Crippen molar-refractivity contribution < 1.29 is 14.4 Å². The third-order valence-electron chi connectivity index (χ3n) is 4.98. The molecule has 6 nitrogen and oxygen atoms in total. The highest BCUT2D eigenvalue weighted by Crippen LogP contribution is 2.22. The minimum Gasteiger partial charge on any atom is -0.346 e. The Morgan fingerprint density at radius 2 is 1.50 bits per heavy atom. The summed E-state index contributed by atoms with van der Waals surface area (Å²) in [7, 11) is 0. The van der Waals surface area contributed by atoms with Crippen molar-refractivity contribution in [3.63, 3.8) is 0 Å². The summed E-state index contributed by atoms with van der Waals surface area (Å²) in [5.74, 6) is -0.994. The first-order valence-electron chi connectivity index (χ1n) is 10.0. The number of carbonyl (C=O) groups excluding carboxylic acids is 3. The van der Waals surface area contributed by atoms with E-state index in [0.29, 0.717) is 39.0 Å². The van der Waals surface area contributed by atoms with E-state index in [0.717, 1.165) is 5.56 Å². The van der Waals surface area contributed by atoms with E-state index in [1.807, 2.05) is 13.8 Å². The van der Waals surface area contributed by atoms with Gasteiger partial charge in [-0.15, -0.1) is 0 Å². The molecule has 1 heterocycles. The molecule has 1 aromatic carbocycles. The summed E-state index contributed by atoms with van der Waals surface area (Å²) in [4.78, 5) is 39.8. The molecule has 1 aliphatic heterocycles. The smallest absolute Gasteiger partial charge is 0.312 e. The Morgan fingerprint density at radius 3 is 2.00 bits per heavy atom. The quantitative estimate of drug-likeness (QED) is 0.805. The number of nitrogens with zero attached hydrogens (tertiary/aromatic N) is 2. The van der Waals surface area contributed by atoms with Crippen molar-refractivity contribution in [3.8, 4) is 0 Å². The molecule has 1 saturated heterocycles. The highest BCUT2D eigenvalue weighted by atomic mass is 16.2. The summed E-state index contributed by atoms with van der Waals surface area (Å²) >= 11 is 0. The molecule has 0 saturated carbocycles. The van der Waals surface area contributed by atoms with Gasteiger partial charge in [0.1, 0.15) is 0 Å². The first-order chi connectivity index (χ1) is 13.1. The minimum atomic E-state index is -0.575. The number of nitrogens with one attached hydrogen (secondary N) is 1. The van der Waals surface area contributed by atoms with E-state index in [2.05, 4.69) is 50.4 Å². The summed E-state index contributed by atoms with van der Waals surface area (Å²) in [5.41, 5.74) is 2.56. The molecule has 3 amide bonds. The number of carbonyl (C=O) groups is 3. The summed E-state index contributed by atoms with van der Waals surface area (Å²) < 4.78 is 0. The number of rotatable bonds is 4. The zero-order valence-corrected chi connectivity index (χ0v) is 17.7. The zero-order valence-electron chi connectivity index (χ0n) is 17.7. The predicted molar refractivity (Wildman–Crippen MR) is 110 cm³/mol. The maximum atomic E-state index is 12.5. The van der Waals surface area contributed by atoms with Gasteiger partial charge in [-0.3, -0.25) is 14.4 Å². The maximum Gasteiger partial charge on any atom is 0.312 e. The van der Waals surface area contributed by atoms with Crippen LogP contribution in [0.25, 0.3) is 0 Å². The number of piperazine rings is 1. The molecular weight excluding hydrogens is 354 g/mol. The van der Waals surface area contributed by atoms with Crippen LogP contribution in [-0.4, -0.2) is 59.7 Å². The maximum absolute atomic E-state index is 12.5. The van der Waals surface area contributed by atoms with E-state index in [-0.39, 0.29) is 17.4 Å². The van der Waals surface area contributed by atoms with E-state index in [9.17, 15) is 14.4 Å². The first-order valence-corrected chi connectivity index (χ1v) is 10.0. The average Bonchev–Trinajstić information content (AvgIpc) is 2.64. The predicted octanol–water partition coefficient (Wildman–Crippen LogP) is 2.11. The Labute approximate surface area is 168 Å². The standard InChI is InChI=1S/C22H33N3O3/c1-16(2)23-20(27)21(28)25-14-12-24(13-15-25)19(26)11-8-17-6-9-18(10-7-17)22(3,4)5/h6-7,9-10,16H,8,11-15H2,1-5H3,(H,23,27). The molecule has 0 spiro atoms. The van der Waals surface area contributed by atoms with E-state index >= 15 is 0 Å². The van der Waals surface area contributed by atoms with Gasteiger partial charge < -0.3 is 15.1 Å². The van der Waals surface area contributed by atoms with Crippen LogP contribution in [0.2, 0.25) is 0 Å². The molecule has 1 aliphatic rings. The lowest BCUT2D eigenvalue weighted by atomic mass is 9.86. The molecule has 6 heteroatoms. The van der Waals surface area contributed by atoms with Gasteiger partial charge in [-0.1, -0.05) is 45.0 Å². The van der Waals surface area contributed by atoms with Gasteiger partial charge in [0, 0.05) is 38.6 Å². The van der Waals surface area contributed by atoms with Crippen LogP contribution in [0.4, 0.5) is 0 Å². The zero-order chi connectivity index (χ0) is 20.9. The van der Waals surface area contributed by atoms with Gasteiger partial charge in [0.2, 0.25) is 5.91 Å². The van der Waals surface area contributed by atoms with E-state index in [4.69, 9.17) is 0 Å².